The molecule has 0 aromatic heterocycles. The van der Waals surface area contributed by atoms with E-state index in [1.165, 1.54) is 24.0 Å². The zero-order valence-electron chi connectivity index (χ0n) is 24.0. The Balaban J connectivity index is 2.08. The summed E-state index contributed by atoms with van der Waals surface area (Å²) in [5.41, 5.74) is 1.90. The fourth-order valence-corrected chi connectivity index (χ4v) is 5.47. The van der Waals surface area contributed by atoms with Crippen LogP contribution in [0.25, 0.3) is 0 Å². The Labute approximate surface area is 257 Å². The van der Waals surface area contributed by atoms with Gasteiger partial charge in [-0.3, -0.25) is 18.7 Å². The Kier molecular flexibility index (Phi) is 11.6. The Morgan fingerprint density at radius 2 is 1.57 bits per heavy atom. The van der Waals surface area contributed by atoms with Gasteiger partial charge in [0, 0.05) is 25.1 Å². The van der Waals surface area contributed by atoms with Gasteiger partial charge in [-0.05, 0) is 48.2 Å². The molecule has 3 rings (SSSR count). The van der Waals surface area contributed by atoms with Crippen molar-refractivity contribution < 1.29 is 22.8 Å². The number of carbonyl (C=O) groups is 3. The molecule has 2 amide bonds. The third-order valence-electron chi connectivity index (χ3n) is 6.51. The SMILES string of the molecule is CC(=O)c1cccc(N(CC(=O)N(Cc2ccc(Cl)c(Cl)c2)C(Cc2ccccc2)C(=O)NCC(C)C)S(C)(=O)=O)c1. The summed E-state index contributed by atoms with van der Waals surface area (Å²) >= 11 is 12.4. The van der Waals surface area contributed by atoms with Crippen LogP contribution in [0.1, 0.15) is 42.3 Å². The van der Waals surface area contributed by atoms with E-state index in [9.17, 15) is 22.8 Å². The molecule has 8 nitrogen and oxygen atoms in total. The molecule has 0 bridgehead atoms. The van der Waals surface area contributed by atoms with E-state index in [1.807, 2.05) is 44.2 Å². The van der Waals surface area contributed by atoms with Crippen LogP contribution in [0, 0.1) is 5.92 Å². The van der Waals surface area contributed by atoms with Gasteiger partial charge in [0.15, 0.2) is 5.78 Å². The summed E-state index contributed by atoms with van der Waals surface area (Å²) in [6, 6.07) is 19.3. The number of ketones is 1. The van der Waals surface area contributed by atoms with Gasteiger partial charge in [0.2, 0.25) is 21.8 Å². The molecule has 1 atom stereocenters. The Hall–Kier alpha value is -3.40. The quantitative estimate of drug-likeness (QED) is 0.255. The number of sulfonamides is 1. The molecule has 1 unspecified atom stereocenters. The molecule has 3 aromatic carbocycles. The minimum absolute atomic E-state index is 0.0343. The third-order valence-corrected chi connectivity index (χ3v) is 8.39. The predicted molar refractivity (Wildman–Crippen MR) is 167 cm³/mol. The van der Waals surface area contributed by atoms with Crippen molar-refractivity contribution in [1.82, 2.24) is 10.2 Å². The van der Waals surface area contributed by atoms with E-state index in [0.717, 1.165) is 16.1 Å². The van der Waals surface area contributed by atoms with E-state index in [-0.39, 0.29) is 41.3 Å². The van der Waals surface area contributed by atoms with E-state index < -0.39 is 28.5 Å². The Bertz CT molecular complexity index is 1530. The summed E-state index contributed by atoms with van der Waals surface area (Å²) in [5, 5.41) is 3.55. The highest BCUT2D eigenvalue weighted by Crippen LogP contribution is 2.25. The van der Waals surface area contributed by atoms with Crippen molar-refractivity contribution in [3.63, 3.8) is 0 Å². The number of rotatable bonds is 13. The first-order chi connectivity index (χ1) is 19.8. The van der Waals surface area contributed by atoms with Crippen LogP contribution >= 0.6 is 23.2 Å². The minimum Gasteiger partial charge on any atom is -0.354 e. The molecule has 0 heterocycles. The van der Waals surface area contributed by atoms with Crippen molar-refractivity contribution in [3.05, 3.63) is 99.5 Å². The van der Waals surface area contributed by atoms with Crippen LogP contribution in [0.15, 0.2) is 72.8 Å². The standard InChI is InChI=1S/C31H35Cl2N3O5S/c1-21(2)18-34-31(39)29(16-23-9-6-5-7-10-23)35(19-24-13-14-27(32)28(33)15-24)30(38)20-36(42(4,40)41)26-12-8-11-25(17-26)22(3)37/h5-15,17,21,29H,16,18-20H2,1-4H3,(H,34,39). The van der Waals surface area contributed by atoms with Gasteiger partial charge in [-0.2, -0.15) is 0 Å². The number of Topliss-reactive ketones (excluding diaryl/α,β-unsaturated/α-hetero) is 1. The van der Waals surface area contributed by atoms with Crippen molar-refractivity contribution in [2.24, 2.45) is 5.92 Å². The summed E-state index contributed by atoms with van der Waals surface area (Å²) in [6.45, 7) is 5.07. The molecule has 11 heteroatoms. The van der Waals surface area contributed by atoms with Gasteiger partial charge in [0.1, 0.15) is 12.6 Å². The van der Waals surface area contributed by atoms with E-state index in [2.05, 4.69) is 5.32 Å². The average Bonchev–Trinajstić information content (AvgIpc) is 2.94. The smallest absolute Gasteiger partial charge is 0.244 e. The second-order valence-electron chi connectivity index (χ2n) is 10.5. The number of nitrogens with one attached hydrogen (secondary N) is 1. The maximum absolute atomic E-state index is 14.1. The first kappa shape index (κ1) is 33.1. The fraction of sp³-hybridized carbons (Fsp3) is 0.323. The molecule has 0 aliphatic carbocycles. The van der Waals surface area contributed by atoms with Crippen molar-refractivity contribution in [2.75, 3.05) is 23.7 Å². The summed E-state index contributed by atoms with van der Waals surface area (Å²) in [4.78, 5) is 41.2. The summed E-state index contributed by atoms with van der Waals surface area (Å²) in [7, 11) is -3.97. The number of nitrogens with zero attached hydrogens (tertiary/aromatic N) is 2. The Morgan fingerprint density at radius 3 is 2.17 bits per heavy atom. The number of carbonyl (C=O) groups excluding carboxylic acids is 3. The Morgan fingerprint density at radius 1 is 0.881 bits per heavy atom. The van der Waals surface area contributed by atoms with Crippen LogP contribution in [0.4, 0.5) is 5.69 Å². The highest BCUT2D eigenvalue weighted by molar-refractivity contribution is 7.92. The molecule has 42 heavy (non-hydrogen) atoms. The summed E-state index contributed by atoms with van der Waals surface area (Å²) < 4.78 is 26.8. The maximum Gasteiger partial charge on any atom is 0.244 e. The second kappa shape index (κ2) is 14.7. The van der Waals surface area contributed by atoms with E-state index in [4.69, 9.17) is 23.2 Å². The molecule has 0 aliphatic rings. The van der Waals surface area contributed by atoms with Crippen molar-refractivity contribution in [2.45, 2.75) is 39.8 Å². The zero-order chi connectivity index (χ0) is 31.0. The topological polar surface area (TPSA) is 104 Å². The van der Waals surface area contributed by atoms with Gasteiger partial charge in [-0.25, -0.2) is 8.42 Å². The van der Waals surface area contributed by atoms with Gasteiger partial charge >= 0.3 is 0 Å². The number of hydrogen-bond acceptors (Lipinski definition) is 5. The summed E-state index contributed by atoms with van der Waals surface area (Å²) in [6.07, 6.45) is 1.18. The molecule has 3 aromatic rings. The second-order valence-corrected chi connectivity index (χ2v) is 13.2. The minimum atomic E-state index is -3.97. The average molecular weight is 633 g/mol. The number of amides is 2. The van der Waals surface area contributed by atoms with E-state index >= 15 is 0 Å². The molecular formula is C31H35Cl2N3O5S. The molecule has 0 aliphatic heterocycles. The lowest BCUT2D eigenvalue weighted by atomic mass is 10.0. The van der Waals surface area contributed by atoms with Crippen LogP contribution in [0.3, 0.4) is 0 Å². The van der Waals surface area contributed by atoms with Crippen LogP contribution in [-0.4, -0.2) is 56.3 Å². The lowest BCUT2D eigenvalue weighted by Gasteiger charge is -2.33. The number of halogens is 2. The van der Waals surface area contributed by atoms with E-state index in [1.54, 1.807) is 30.3 Å². The van der Waals surface area contributed by atoms with Crippen molar-refractivity contribution >= 4 is 56.5 Å². The van der Waals surface area contributed by atoms with Crippen LogP contribution in [-0.2, 0) is 32.6 Å². The molecule has 0 saturated heterocycles. The lowest BCUT2D eigenvalue weighted by molar-refractivity contribution is -0.140. The normalized spacial score (nSPS) is 12.1. The number of benzene rings is 3. The highest BCUT2D eigenvalue weighted by Gasteiger charge is 2.33. The van der Waals surface area contributed by atoms with Crippen molar-refractivity contribution in [1.29, 1.82) is 0 Å². The molecule has 224 valence electrons. The van der Waals surface area contributed by atoms with Gasteiger partial charge in [0.05, 0.1) is 22.0 Å². The van der Waals surface area contributed by atoms with Crippen LogP contribution < -0.4 is 9.62 Å². The lowest BCUT2D eigenvalue weighted by Crippen LogP contribution is -2.53. The molecule has 1 N–H and O–H groups in total. The number of anilines is 1. The van der Waals surface area contributed by atoms with Gasteiger partial charge in [-0.15, -0.1) is 0 Å². The zero-order valence-corrected chi connectivity index (χ0v) is 26.3. The largest absolute Gasteiger partial charge is 0.354 e. The molecular weight excluding hydrogens is 597 g/mol. The van der Waals surface area contributed by atoms with E-state index in [0.29, 0.717) is 22.7 Å². The van der Waals surface area contributed by atoms with Crippen LogP contribution in [0.5, 0.6) is 0 Å². The van der Waals surface area contributed by atoms with Gasteiger partial charge in [-0.1, -0.05) is 85.6 Å². The predicted octanol–water partition coefficient (Wildman–Crippen LogP) is 5.37. The first-order valence-electron chi connectivity index (χ1n) is 13.4. The molecule has 0 saturated carbocycles. The van der Waals surface area contributed by atoms with Crippen LogP contribution in [0.2, 0.25) is 10.0 Å². The third kappa shape index (κ3) is 9.31. The van der Waals surface area contributed by atoms with Gasteiger partial charge < -0.3 is 10.2 Å². The highest BCUT2D eigenvalue weighted by atomic mass is 35.5. The molecule has 0 fully saturated rings. The fourth-order valence-electron chi connectivity index (χ4n) is 4.30. The molecule has 0 radical (unpaired) electrons. The van der Waals surface area contributed by atoms with Crippen molar-refractivity contribution in [3.8, 4) is 0 Å². The molecule has 0 spiro atoms. The monoisotopic (exact) mass is 631 g/mol. The van der Waals surface area contributed by atoms with Gasteiger partial charge in [0.25, 0.3) is 0 Å². The summed E-state index contributed by atoms with van der Waals surface area (Å²) in [5.74, 6) is -1.06. The first-order valence-corrected chi connectivity index (χ1v) is 16.0. The maximum atomic E-state index is 14.1. The number of hydrogen-bond donors (Lipinski definition) is 1.